The molecule has 1 rings (SSSR count). The molecule has 0 atom stereocenters. The molecule has 25 heavy (non-hydrogen) atoms. The smallest absolute Gasteiger partial charge is 0.407 e. The first-order valence-electron chi connectivity index (χ1n) is 8.97. The van der Waals surface area contributed by atoms with Gasteiger partial charge in [0.1, 0.15) is 17.0 Å². The predicted octanol–water partition coefficient (Wildman–Crippen LogP) is 4.32. The van der Waals surface area contributed by atoms with Gasteiger partial charge in [-0.1, -0.05) is 26.0 Å². The number of ether oxygens (including phenoxy) is 2. The maximum absolute atomic E-state index is 11.5. The summed E-state index contributed by atoms with van der Waals surface area (Å²) in [6.07, 6.45) is 0.900. The summed E-state index contributed by atoms with van der Waals surface area (Å²) >= 11 is 0. The second kappa shape index (κ2) is 11.0. The van der Waals surface area contributed by atoms with Crippen molar-refractivity contribution in [2.24, 2.45) is 0 Å². The van der Waals surface area contributed by atoms with E-state index in [0.29, 0.717) is 13.0 Å². The molecular weight excluding hydrogens is 318 g/mol. The number of amides is 1. The third-order valence-corrected chi connectivity index (χ3v) is 3.11. The summed E-state index contributed by atoms with van der Waals surface area (Å²) in [4.78, 5) is 11.5. The topological polar surface area (TPSA) is 67.8 Å². The maximum Gasteiger partial charge on any atom is 0.407 e. The molecule has 0 aliphatic carbocycles. The van der Waals surface area contributed by atoms with Gasteiger partial charge in [0.05, 0.1) is 0 Å². The average Bonchev–Trinajstić information content (AvgIpc) is 2.49. The molecule has 0 aliphatic rings. The number of carbonyl (C=O) groups is 1. The Labute approximate surface area is 152 Å². The van der Waals surface area contributed by atoms with Gasteiger partial charge in [-0.3, -0.25) is 0 Å². The van der Waals surface area contributed by atoms with Crippen LogP contribution in [0.4, 0.5) is 4.79 Å². The zero-order chi connectivity index (χ0) is 19.5. The Hall–Kier alpha value is -1.75. The Balaban J connectivity index is 0.00000277. The van der Waals surface area contributed by atoms with Crippen LogP contribution in [0.3, 0.4) is 0 Å². The first-order chi connectivity index (χ1) is 11.6. The fourth-order valence-electron chi connectivity index (χ4n) is 1.99. The quantitative estimate of drug-likeness (QED) is 0.766. The fraction of sp³-hybridized carbons (Fsp3) is 0.650. The molecule has 144 valence electrons. The number of alkyl carbamates (subject to hydrolysis) is 1. The Morgan fingerprint density at radius 1 is 1.08 bits per heavy atom. The van der Waals surface area contributed by atoms with E-state index >= 15 is 0 Å². The Kier molecular flexibility index (Phi) is 10.2. The van der Waals surface area contributed by atoms with Crippen LogP contribution in [0.5, 0.6) is 5.75 Å². The molecule has 0 saturated carbocycles. The van der Waals surface area contributed by atoms with E-state index in [-0.39, 0.29) is 6.61 Å². The molecule has 0 saturated heterocycles. The van der Waals surface area contributed by atoms with Crippen molar-refractivity contribution in [1.82, 2.24) is 5.32 Å². The van der Waals surface area contributed by atoms with Crippen LogP contribution in [-0.2, 0) is 11.2 Å². The maximum atomic E-state index is 11.5. The fourth-order valence-corrected chi connectivity index (χ4v) is 1.99. The minimum absolute atomic E-state index is 0.0986. The van der Waals surface area contributed by atoms with Gasteiger partial charge in [-0.25, -0.2) is 4.79 Å². The second-order valence-corrected chi connectivity index (χ2v) is 7.16. The first kappa shape index (κ1) is 23.2. The van der Waals surface area contributed by atoms with Crippen LogP contribution in [0, 0.1) is 0 Å². The lowest BCUT2D eigenvalue weighted by Gasteiger charge is -2.25. The zero-order valence-corrected chi connectivity index (χ0v) is 16.8. The van der Waals surface area contributed by atoms with Crippen LogP contribution in [0.25, 0.3) is 0 Å². The largest absolute Gasteiger partial charge is 0.488 e. The van der Waals surface area contributed by atoms with Crippen LogP contribution in [0.15, 0.2) is 24.3 Å². The number of carbonyl (C=O) groups excluding carboxylic acids is 1. The molecule has 0 aromatic heterocycles. The van der Waals surface area contributed by atoms with Gasteiger partial charge in [0.15, 0.2) is 0 Å². The van der Waals surface area contributed by atoms with Gasteiger partial charge in [-0.15, -0.1) is 0 Å². The Bertz CT molecular complexity index is 489. The highest BCUT2D eigenvalue weighted by Crippen LogP contribution is 2.21. The van der Waals surface area contributed by atoms with Crippen molar-refractivity contribution in [3.05, 3.63) is 29.8 Å². The summed E-state index contributed by atoms with van der Waals surface area (Å²) in [5, 5.41) is 11.7. The molecule has 5 nitrogen and oxygen atoms in total. The van der Waals surface area contributed by atoms with Gasteiger partial charge in [0, 0.05) is 19.6 Å². The van der Waals surface area contributed by atoms with Gasteiger partial charge in [0.25, 0.3) is 0 Å². The highest BCUT2D eigenvalue weighted by Gasteiger charge is 2.19. The van der Waals surface area contributed by atoms with Crippen molar-refractivity contribution in [3.8, 4) is 5.75 Å². The number of aliphatic hydroxyl groups excluding tert-OH is 1. The highest BCUT2D eigenvalue weighted by atomic mass is 16.6. The summed E-state index contributed by atoms with van der Waals surface area (Å²) in [6, 6.07) is 7.76. The lowest BCUT2D eigenvalue weighted by molar-refractivity contribution is 0.0528. The predicted molar refractivity (Wildman–Crippen MR) is 102 cm³/mol. The number of nitrogens with one attached hydrogen (secondary N) is 1. The molecule has 0 aliphatic heterocycles. The monoisotopic (exact) mass is 353 g/mol. The first-order valence-corrected chi connectivity index (χ1v) is 8.97. The molecule has 0 unspecified atom stereocenters. The molecule has 0 fully saturated rings. The zero-order valence-electron chi connectivity index (χ0n) is 16.8. The van der Waals surface area contributed by atoms with Gasteiger partial charge >= 0.3 is 6.09 Å². The molecule has 0 spiro atoms. The van der Waals surface area contributed by atoms with Crippen molar-refractivity contribution in [3.63, 3.8) is 0 Å². The number of rotatable bonds is 7. The van der Waals surface area contributed by atoms with E-state index in [1.54, 1.807) is 0 Å². The van der Waals surface area contributed by atoms with Crippen molar-refractivity contribution >= 4 is 6.09 Å². The third kappa shape index (κ3) is 11.4. The molecule has 0 bridgehead atoms. The lowest BCUT2D eigenvalue weighted by Crippen LogP contribution is -2.33. The average molecular weight is 354 g/mol. The summed E-state index contributed by atoms with van der Waals surface area (Å²) < 4.78 is 11.0. The lowest BCUT2D eigenvalue weighted by atomic mass is 10.1. The molecule has 2 N–H and O–H groups in total. The van der Waals surface area contributed by atoms with Crippen molar-refractivity contribution < 1.29 is 19.4 Å². The van der Waals surface area contributed by atoms with Gasteiger partial charge in [-0.2, -0.15) is 0 Å². The van der Waals surface area contributed by atoms with Crippen LogP contribution >= 0.6 is 0 Å². The number of hydrogen-bond acceptors (Lipinski definition) is 4. The molecule has 1 aromatic rings. The summed E-state index contributed by atoms with van der Waals surface area (Å²) in [6.45, 7) is 14.0. The van der Waals surface area contributed by atoms with Gasteiger partial charge < -0.3 is 19.9 Å². The minimum Gasteiger partial charge on any atom is -0.488 e. The summed E-state index contributed by atoms with van der Waals surface area (Å²) in [5.74, 6) is 0.771. The van der Waals surface area contributed by atoms with E-state index in [0.717, 1.165) is 17.7 Å². The van der Waals surface area contributed by atoms with Gasteiger partial charge in [-0.05, 0) is 58.7 Å². The van der Waals surface area contributed by atoms with Crippen LogP contribution in [0.2, 0.25) is 0 Å². The Morgan fingerprint density at radius 3 is 2.12 bits per heavy atom. The molecule has 0 radical (unpaired) electrons. The van der Waals surface area contributed by atoms with E-state index in [1.807, 2.05) is 72.7 Å². The standard InChI is InChI=1S/C18H29NO4.C2H6/c1-17(2,3)23-16(21)19-12-10-14-6-8-15(9-7-14)22-18(4,5)11-13-20;1-2/h6-9,20H,10-13H2,1-5H3,(H,19,21);1-2H3. The van der Waals surface area contributed by atoms with E-state index in [4.69, 9.17) is 14.6 Å². The van der Waals surface area contributed by atoms with Crippen LogP contribution in [0.1, 0.15) is 60.5 Å². The molecular formula is C20H35NO4. The SMILES string of the molecule is CC.CC(C)(C)OC(=O)NCCc1ccc(OC(C)(C)CCO)cc1. The normalized spacial score (nSPS) is 11.2. The minimum atomic E-state index is -0.482. The second-order valence-electron chi connectivity index (χ2n) is 7.16. The number of hydrogen-bond donors (Lipinski definition) is 2. The van der Waals surface area contributed by atoms with E-state index in [1.165, 1.54) is 0 Å². The van der Waals surface area contributed by atoms with Crippen molar-refractivity contribution in [2.45, 2.75) is 72.5 Å². The molecule has 5 heteroatoms. The number of benzene rings is 1. The van der Waals surface area contributed by atoms with E-state index < -0.39 is 17.3 Å². The third-order valence-electron chi connectivity index (χ3n) is 3.11. The van der Waals surface area contributed by atoms with Crippen LogP contribution < -0.4 is 10.1 Å². The Morgan fingerprint density at radius 2 is 1.64 bits per heavy atom. The summed E-state index contributed by atoms with van der Waals surface area (Å²) in [5.41, 5.74) is 0.229. The van der Waals surface area contributed by atoms with Crippen LogP contribution in [-0.4, -0.2) is 35.6 Å². The van der Waals surface area contributed by atoms with E-state index in [2.05, 4.69) is 5.32 Å². The van der Waals surface area contributed by atoms with Gasteiger partial charge in [0.2, 0.25) is 0 Å². The highest BCUT2D eigenvalue weighted by molar-refractivity contribution is 5.67. The van der Waals surface area contributed by atoms with Crippen molar-refractivity contribution in [2.75, 3.05) is 13.2 Å². The molecule has 1 amide bonds. The summed E-state index contributed by atoms with van der Waals surface area (Å²) in [7, 11) is 0. The molecule has 0 heterocycles. The van der Waals surface area contributed by atoms with Crippen molar-refractivity contribution in [1.29, 1.82) is 0 Å². The van der Waals surface area contributed by atoms with E-state index in [9.17, 15) is 4.79 Å². The number of aliphatic hydroxyl groups is 1. The molecule has 1 aromatic carbocycles.